The van der Waals surface area contributed by atoms with Gasteiger partial charge in [-0.2, -0.15) is 9.40 Å². The predicted molar refractivity (Wildman–Crippen MR) is 160 cm³/mol. The van der Waals surface area contributed by atoms with Crippen molar-refractivity contribution in [1.29, 1.82) is 0 Å². The van der Waals surface area contributed by atoms with Crippen LogP contribution in [0.5, 0.6) is 0 Å². The Morgan fingerprint density at radius 2 is 1.61 bits per heavy atom. The van der Waals surface area contributed by atoms with Crippen LogP contribution in [0.4, 0.5) is 30.8 Å². The zero-order valence-electron chi connectivity index (χ0n) is 24.3. The summed E-state index contributed by atoms with van der Waals surface area (Å²) < 4.78 is 55.2. The number of nitrogens with one attached hydrogen (secondary N) is 3. The van der Waals surface area contributed by atoms with Crippen molar-refractivity contribution in [2.24, 2.45) is 0 Å². The lowest BCUT2D eigenvalue weighted by molar-refractivity contribution is 0.102. The van der Waals surface area contributed by atoms with E-state index in [9.17, 15) is 26.8 Å². The predicted octanol–water partition coefficient (Wildman–Crippen LogP) is 3.07. The second-order valence-electron chi connectivity index (χ2n) is 11.3. The van der Waals surface area contributed by atoms with E-state index >= 15 is 0 Å². The molecule has 0 radical (unpaired) electrons. The second-order valence-corrected chi connectivity index (χ2v) is 13.3. The lowest BCUT2D eigenvalue weighted by atomic mass is 10.1. The number of hydrogen-bond donors (Lipinski definition) is 3. The van der Waals surface area contributed by atoms with Crippen LogP contribution in [0.25, 0.3) is 0 Å². The molecule has 0 atom stereocenters. The Kier molecular flexibility index (Phi) is 8.26. The van der Waals surface area contributed by atoms with Crippen LogP contribution < -0.4 is 15.5 Å². The first kappa shape index (κ1) is 30.0. The number of aromatic amines is 1. The molecule has 3 aliphatic rings. The molecule has 12 nitrogen and oxygen atoms in total. The molecular weight excluding hydrogens is 594 g/mol. The molecule has 2 saturated heterocycles. The van der Waals surface area contributed by atoms with Gasteiger partial charge >= 0.3 is 6.03 Å². The minimum absolute atomic E-state index is 0.0590. The number of amides is 3. The van der Waals surface area contributed by atoms with Crippen LogP contribution in [0.15, 0.2) is 41.3 Å². The van der Waals surface area contributed by atoms with E-state index in [0.29, 0.717) is 36.1 Å². The summed E-state index contributed by atoms with van der Waals surface area (Å²) in [7, 11) is -2.17. The third kappa shape index (κ3) is 6.12. The molecule has 3 amide bonds. The van der Waals surface area contributed by atoms with Gasteiger partial charge in [-0.05, 0) is 50.2 Å². The molecule has 4 heterocycles. The Balaban J connectivity index is 1.24. The van der Waals surface area contributed by atoms with Gasteiger partial charge in [0.05, 0.1) is 16.1 Å². The number of rotatable bonds is 6. The lowest BCUT2D eigenvalue weighted by Gasteiger charge is -2.34. The summed E-state index contributed by atoms with van der Waals surface area (Å²) in [6.45, 7) is 4.59. The average Bonchev–Trinajstić information content (AvgIpc) is 3.68. The Morgan fingerprint density at radius 1 is 0.909 bits per heavy atom. The third-order valence-electron chi connectivity index (χ3n) is 8.36. The van der Waals surface area contributed by atoms with Gasteiger partial charge in [-0.25, -0.2) is 22.0 Å². The van der Waals surface area contributed by atoms with Gasteiger partial charge in [-0.15, -0.1) is 0 Å². The summed E-state index contributed by atoms with van der Waals surface area (Å²) in [6.07, 6.45) is 2.10. The van der Waals surface area contributed by atoms with E-state index in [1.807, 2.05) is 6.07 Å². The fourth-order valence-electron chi connectivity index (χ4n) is 5.79. The summed E-state index contributed by atoms with van der Waals surface area (Å²) in [4.78, 5) is 32.4. The number of sulfonamides is 1. The van der Waals surface area contributed by atoms with E-state index in [2.05, 4.69) is 37.7 Å². The number of urea groups is 1. The van der Waals surface area contributed by atoms with Crippen LogP contribution in [0.2, 0.25) is 0 Å². The standard InChI is InChI=1S/C29H34F2N8O4S/c1-36-10-12-37(13-11-36)21-4-5-23(26(17-21)32-29(41)38-7-2-3-8-38)28(40)33-27-24-18-39(9-6-25(24)34-35-27)44(42,43)22-15-19(30)14-20(31)16-22/h4-5,14-17H,2-3,6-13,18H2,1H3,(H,32,41)(H2,33,34,35,40). The molecule has 6 rings (SSSR count). The SMILES string of the molecule is CN1CCN(c2ccc(C(=O)Nc3n[nH]c4c3CN(S(=O)(=O)c3cc(F)cc(F)c3)CC4)c(NC(=O)N3CCCC3)c2)CC1. The van der Waals surface area contributed by atoms with Crippen LogP contribution in [-0.4, -0.2) is 97.5 Å². The molecule has 234 valence electrons. The van der Waals surface area contributed by atoms with Crippen LogP contribution in [0.1, 0.15) is 34.5 Å². The molecule has 0 saturated carbocycles. The van der Waals surface area contributed by atoms with Crippen LogP contribution >= 0.6 is 0 Å². The van der Waals surface area contributed by atoms with Crippen molar-refractivity contribution < 1.29 is 26.8 Å². The minimum atomic E-state index is -4.23. The number of aromatic nitrogens is 2. The summed E-state index contributed by atoms with van der Waals surface area (Å²) >= 11 is 0. The number of hydrogen-bond acceptors (Lipinski definition) is 7. The zero-order chi connectivity index (χ0) is 31.0. The highest BCUT2D eigenvalue weighted by Crippen LogP contribution is 2.31. The smallest absolute Gasteiger partial charge is 0.321 e. The first-order valence-electron chi connectivity index (χ1n) is 14.6. The maximum atomic E-state index is 13.8. The maximum absolute atomic E-state index is 13.8. The number of likely N-dealkylation sites (tertiary alicyclic amines) is 1. The van der Waals surface area contributed by atoms with Gasteiger partial charge in [-0.1, -0.05) is 0 Å². The number of nitrogens with zero attached hydrogens (tertiary/aromatic N) is 5. The molecule has 44 heavy (non-hydrogen) atoms. The molecule has 0 bridgehead atoms. The van der Waals surface area contributed by atoms with Gasteiger partial charge in [0.15, 0.2) is 5.82 Å². The first-order chi connectivity index (χ1) is 21.1. The van der Waals surface area contributed by atoms with Gasteiger partial charge in [0.2, 0.25) is 10.0 Å². The summed E-state index contributed by atoms with van der Waals surface area (Å²) in [5.74, 6) is -2.39. The number of halogens is 2. The van der Waals surface area contributed by atoms with Crippen molar-refractivity contribution >= 4 is 39.2 Å². The Hall–Kier alpha value is -4.08. The van der Waals surface area contributed by atoms with Gasteiger partial charge < -0.3 is 25.3 Å². The largest absolute Gasteiger partial charge is 0.369 e. The number of carbonyl (C=O) groups excluding carboxylic acids is 2. The summed E-state index contributed by atoms with van der Waals surface area (Å²) in [6, 6.07) is 7.19. The Morgan fingerprint density at radius 3 is 2.32 bits per heavy atom. The van der Waals surface area contributed by atoms with Crippen LogP contribution in [0.3, 0.4) is 0 Å². The molecule has 2 aromatic carbocycles. The topological polar surface area (TPSA) is 134 Å². The van der Waals surface area contributed by atoms with Crippen molar-refractivity contribution in [3.05, 3.63) is 64.9 Å². The third-order valence-corrected chi connectivity index (χ3v) is 10.2. The molecule has 1 aromatic heterocycles. The number of benzene rings is 2. The highest BCUT2D eigenvalue weighted by atomic mass is 32.2. The average molecular weight is 629 g/mol. The van der Waals surface area contributed by atoms with Crippen molar-refractivity contribution in [3.63, 3.8) is 0 Å². The lowest BCUT2D eigenvalue weighted by Crippen LogP contribution is -2.44. The van der Waals surface area contributed by atoms with Crippen molar-refractivity contribution in [2.75, 3.05) is 68.4 Å². The fourth-order valence-corrected chi connectivity index (χ4v) is 7.24. The highest BCUT2D eigenvalue weighted by Gasteiger charge is 2.32. The van der Waals surface area contributed by atoms with Gasteiger partial charge in [-0.3, -0.25) is 9.89 Å². The number of H-pyrrole nitrogens is 1. The number of piperazine rings is 1. The van der Waals surface area contributed by atoms with Crippen LogP contribution in [-0.2, 0) is 23.0 Å². The second kappa shape index (κ2) is 12.1. The maximum Gasteiger partial charge on any atom is 0.321 e. The molecule has 0 spiro atoms. The number of carbonyl (C=O) groups is 2. The monoisotopic (exact) mass is 628 g/mol. The molecule has 3 N–H and O–H groups in total. The molecular formula is C29H34F2N8O4S. The van der Waals surface area contributed by atoms with E-state index in [1.165, 1.54) is 0 Å². The molecule has 15 heteroatoms. The fraction of sp³-hybridized carbons (Fsp3) is 0.414. The van der Waals surface area contributed by atoms with E-state index in [4.69, 9.17) is 0 Å². The van der Waals surface area contributed by atoms with Gasteiger partial charge in [0, 0.05) is 81.8 Å². The van der Waals surface area contributed by atoms with Crippen molar-refractivity contribution in [1.82, 2.24) is 24.3 Å². The number of anilines is 3. The van der Waals surface area contributed by atoms with E-state index < -0.39 is 32.5 Å². The van der Waals surface area contributed by atoms with E-state index in [-0.39, 0.29) is 36.9 Å². The van der Waals surface area contributed by atoms with Gasteiger partial charge in [0.25, 0.3) is 5.91 Å². The first-order valence-corrected chi connectivity index (χ1v) is 16.0. The highest BCUT2D eigenvalue weighted by molar-refractivity contribution is 7.89. The van der Waals surface area contributed by atoms with Crippen molar-refractivity contribution in [2.45, 2.75) is 30.7 Å². The van der Waals surface area contributed by atoms with Crippen LogP contribution in [0, 0.1) is 11.6 Å². The Labute approximate surface area is 254 Å². The Bertz CT molecular complexity index is 1660. The van der Waals surface area contributed by atoms with E-state index in [1.54, 1.807) is 17.0 Å². The normalized spacial score (nSPS) is 17.9. The summed E-state index contributed by atoms with van der Waals surface area (Å²) in [5.41, 5.74) is 2.56. The number of fused-ring (bicyclic) bond motifs is 1. The number of likely N-dealkylation sites (N-methyl/N-ethyl adjacent to an activating group) is 1. The molecule has 0 unspecified atom stereocenters. The zero-order valence-corrected chi connectivity index (χ0v) is 25.1. The van der Waals surface area contributed by atoms with E-state index in [0.717, 1.165) is 61.1 Å². The minimum Gasteiger partial charge on any atom is -0.369 e. The molecule has 0 aliphatic carbocycles. The van der Waals surface area contributed by atoms with Gasteiger partial charge in [0.1, 0.15) is 11.6 Å². The van der Waals surface area contributed by atoms with Crippen molar-refractivity contribution in [3.8, 4) is 0 Å². The quantitative estimate of drug-likeness (QED) is 0.382. The molecule has 3 aliphatic heterocycles. The summed E-state index contributed by atoms with van der Waals surface area (Å²) in [5, 5.41) is 12.8. The molecule has 3 aromatic rings. The molecule has 2 fully saturated rings.